The maximum Gasteiger partial charge on any atom is 0.148 e. The third-order valence-electron chi connectivity index (χ3n) is 2.80. The third kappa shape index (κ3) is 2.20. The van der Waals surface area contributed by atoms with Crippen molar-refractivity contribution in [3.63, 3.8) is 0 Å². The fraction of sp³-hybridized carbons (Fsp3) is 0.231. The Morgan fingerprint density at radius 2 is 2.18 bits per heavy atom. The van der Waals surface area contributed by atoms with E-state index in [9.17, 15) is 0 Å². The predicted octanol–water partition coefficient (Wildman–Crippen LogP) is 1.89. The second-order valence-corrected chi connectivity index (χ2v) is 4.04. The molecule has 1 aromatic carbocycles. The monoisotopic (exact) mass is 227 g/mol. The van der Waals surface area contributed by atoms with Gasteiger partial charge in [-0.2, -0.15) is 5.10 Å². The van der Waals surface area contributed by atoms with Gasteiger partial charge in [-0.15, -0.1) is 5.10 Å². The summed E-state index contributed by atoms with van der Waals surface area (Å²) in [5.41, 5.74) is 1.28. The highest BCUT2D eigenvalue weighted by Gasteiger charge is 2.21. The zero-order chi connectivity index (χ0) is 11.5. The minimum atomic E-state index is 0.175. The molecule has 1 aromatic heterocycles. The van der Waals surface area contributed by atoms with Crippen molar-refractivity contribution in [3.8, 4) is 5.75 Å². The summed E-state index contributed by atoms with van der Waals surface area (Å²) in [5, 5.41) is 11.0. The van der Waals surface area contributed by atoms with Gasteiger partial charge in [-0.25, -0.2) is 0 Å². The Bertz CT molecular complexity index is 476. The van der Waals surface area contributed by atoms with Crippen molar-refractivity contribution in [2.45, 2.75) is 12.5 Å². The minimum absolute atomic E-state index is 0.175. The molecule has 0 saturated carbocycles. The molecule has 86 valence electrons. The van der Waals surface area contributed by atoms with Crippen molar-refractivity contribution in [1.82, 2.24) is 10.2 Å². The molecule has 1 aliphatic rings. The highest BCUT2D eigenvalue weighted by molar-refractivity contribution is 5.38. The van der Waals surface area contributed by atoms with Crippen LogP contribution >= 0.6 is 0 Å². The Kier molecular flexibility index (Phi) is 2.62. The summed E-state index contributed by atoms with van der Waals surface area (Å²) in [5.74, 6) is 1.78. The number of hydrogen-bond donors (Lipinski definition) is 1. The summed E-state index contributed by atoms with van der Waals surface area (Å²) in [6.45, 7) is 0.743. The van der Waals surface area contributed by atoms with E-state index in [2.05, 4.69) is 21.6 Å². The highest BCUT2D eigenvalue weighted by Crippen LogP contribution is 2.27. The molecular weight excluding hydrogens is 214 g/mol. The smallest absolute Gasteiger partial charge is 0.148 e. The zero-order valence-corrected chi connectivity index (χ0v) is 9.34. The standard InChI is InChI=1S/C13H13N3O/c1-2-5-12-10(4-1)8-11(17-12)9-14-13-6-3-7-15-16-13/h1-7,11H,8-9H2,(H,14,16). The first-order valence-electron chi connectivity index (χ1n) is 5.68. The number of ether oxygens (including phenoxy) is 1. The molecule has 1 atom stereocenters. The Labute approximate surface area is 99.6 Å². The van der Waals surface area contributed by atoms with Gasteiger partial charge in [-0.1, -0.05) is 18.2 Å². The molecule has 0 aliphatic carbocycles. The Morgan fingerprint density at radius 3 is 3.00 bits per heavy atom. The number of para-hydroxylation sites is 1. The summed E-state index contributed by atoms with van der Waals surface area (Å²) in [6, 6.07) is 11.9. The highest BCUT2D eigenvalue weighted by atomic mass is 16.5. The van der Waals surface area contributed by atoms with E-state index in [0.717, 1.165) is 24.5 Å². The summed E-state index contributed by atoms with van der Waals surface area (Å²) >= 11 is 0. The van der Waals surface area contributed by atoms with Crippen LogP contribution in [0.15, 0.2) is 42.6 Å². The lowest BCUT2D eigenvalue weighted by molar-refractivity contribution is 0.246. The molecule has 3 rings (SSSR count). The molecular formula is C13H13N3O. The summed E-state index contributed by atoms with van der Waals surface area (Å²) in [4.78, 5) is 0. The normalized spacial score (nSPS) is 17.3. The number of benzene rings is 1. The first kappa shape index (κ1) is 10.1. The van der Waals surface area contributed by atoms with E-state index in [1.54, 1.807) is 6.20 Å². The van der Waals surface area contributed by atoms with Gasteiger partial charge in [0.05, 0.1) is 6.54 Å². The lowest BCUT2D eigenvalue weighted by Gasteiger charge is -2.11. The number of hydrogen-bond acceptors (Lipinski definition) is 4. The van der Waals surface area contributed by atoms with Crippen LogP contribution in [0.4, 0.5) is 5.82 Å². The zero-order valence-electron chi connectivity index (χ0n) is 9.34. The number of fused-ring (bicyclic) bond motifs is 1. The SMILES string of the molecule is c1cnnc(NCC2Cc3ccccc3O2)c1. The summed E-state index contributed by atoms with van der Waals surface area (Å²) < 4.78 is 5.82. The predicted molar refractivity (Wildman–Crippen MR) is 65.1 cm³/mol. The first-order valence-corrected chi connectivity index (χ1v) is 5.68. The van der Waals surface area contributed by atoms with Crippen LogP contribution in [0.25, 0.3) is 0 Å². The van der Waals surface area contributed by atoms with Gasteiger partial charge in [0.25, 0.3) is 0 Å². The van der Waals surface area contributed by atoms with E-state index in [4.69, 9.17) is 4.74 Å². The molecule has 0 amide bonds. The van der Waals surface area contributed by atoms with Crippen molar-refractivity contribution in [3.05, 3.63) is 48.2 Å². The number of nitrogens with zero attached hydrogens (tertiary/aromatic N) is 2. The van der Waals surface area contributed by atoms with Gasteiger partial charge in [-0.05, 0) is 23.8 Å². The average Bonchev–Trinajstić information content (AvgIpc) is 2.80. The van der Waals surface area contributed by atoms with Crippen LogP contribution in [0.2, 0.25) is 0 Å². The Morgan fingerprint density at radius 1 is 1.24 bits per heavy atom. The molecule has 2 heterocycles. The maximum atomic E-state index is 5.82. The first-order chi connectivity index (χ1) is 8.42. The lowest BCUT2D eigenvalue weighted by atomic mass is 10.1. The molecule has 1 aliphatic heterocycles. The molecule has 0 spiro atoms. The molecule has 2 aromatic rings. The molecule has 4 heteroatoms. The third-order valence-corrected chi connectivity index (χ3v) is 2.80. The van der Waals surface area contributed by atoms with E-state index >= 15 is 0 Å². The van der Waals surface area contributed by atoms with Gasteiger partial charge >= 0.3 is 0 Å². The van der Waals surface area contributed by atoms with Gasteiger partial charge in [-0.3, -0.25) is 0 Å². The van der Waals surface area contributed by atoms with Gasteiger partial charge < -0.3 is 10.1 Å². The molecule has 0 bridgehead atoms. The average molecular weight is 227 g/mol. The van der Waals surface area contributed by atoms with E-state index in [0.29, 0.717) is 0 Å². The molecule has 4 nitrogen and oxygen atoms in total. The van der Waals surface area contributed by atoms with Crippen LogP contribution in [0, 0.1) is 0 Å². The second-order valence-electron chi connectivity index (χ2n) is 4.04. The van der Waals surface area contributed by atoms with Crippen LogP contribution in [-0.4, -0.2) is 22.8 Å². The number of aromatic nitrogens is 2. The summed E-state index contributed by atoms with van der Waals surface area (Å²) in [7, 11) is 0. The van der Waals surface area contributed by atoms with Crippen molar-refractivity contribution >= 4 is 5.82 Å². The van der Waals surface area contributed by atoms with Gasteiger partial charge in [0.1, 0.15) is 17.7 Å². The molecule has 0 fully saturated rings. The van der Waals surface area contributed by atoms with Crippen LogP contribution < -0.4 is 10.1 Å². The Hall–Kier alpha value is -2.10. The summed E-state index contributed by atoms with van der Waals surface area (Å²) in [6.07, 6.45) is 2.78. The maximum absolute atomic E-state index is 5.82. The van der Waals surface area contributed by atoms with Crippen molar-refractivity contribution in [2.75, 3.05) is 11.9 Å². The van der Waals surface area contributed by atoms with Crippen LogP contribution in [0.1, 0.15) is 5.56 Å². The molecule has 1 unspecified atom stereocenters. The topological polar surface area (TPSA) is 47.0 Å². The molecule has 1 N–H and O–H groups in total. The fourth-order valence-corrected chi connectivity index (χ4v) is 1.98. The molecule has 0 saturated heterocycles. The second kappa shape index (κ2) is 4.41. The Balaban J connectivity index is 1.59. The van der Waals surface area contributed by atoms with Gasteiger partial charge in [0.2, 0.25) is 0 Å². The van der Waals surface area contributed by atoms with Crippen LogP contribution in [-0.2, 0) is 6.42 Å². The van der Waals surface area contributed by atoms with E-state index in [1.807, 2.05) is 30.3 Å². The van der Waals surface area contributed by atoms with Crippen molar-refractivity contribution < 1.29 is 4.74 Å². The van der Waals surface area contributed by atoms with Crippen LogP contribution in [0.5, 0.6) is 5.75 Å². The van der Waals surface area contributed by atoms with Crippen LogP contribution in [0.3, 0.4) is 0 Å². The number of rotatable bonds is 3. The largest absolute Gasteiger partial charge is 0.488 e. The molecule has 17 heavy (non-hydrogen) atoms. The van der Waals surface area contributed by atoms with Crippen molar-refractivity contribution in [1.29, 1.82) is 0 Å². The van der Waals surface area contributed by atoms with E-state index in [1.165, 1.54) is 5.56 Å². The molecule has 0 radical (unpaired) electrons. The fourth-order valence-electron chi connectivity index (χ4n) is 1.98. The quantitative estimate of drug-likeness (QED) is 0.869. The number of anilines is 1. The van der Waals surface area contributed by atoms with Gasteiger partial charge in [0.15, 0.2) is 0 Å². The lowest BCUT2D eigenvalue weighted by Crippen LogP contribution is -2.24. The van der Waals surface area contributed by atoms with Gasteiger partial charge in [0, 0.05) is 12.6 Å². The van der Waals surface area contributed by atoms with E-state index < -0.39 is 0 Å². The van der Waals surface area contributed by atoms with Crippen molar-refractivity contribution in [2.24, 2.45) is 0 Å². The van der Waals surface area contributed by atoms with E-state index in [-0.39, 0.29) is 6.10 Å². The minimum Gasteiger partial charge on any atom is -0.488 e. The number of nitrogens with one attached hydrogen (secondary N) is 1.